The number of nitrogens with two attached hydrogens (primary N) is 1. The molecule has 2 N–H and O–H groups in total. The molecular formula is C20H25N. The molecule has 1 aliphatic rings. The zero-order valence-electron chi connectivity index (χ0n) is 13.4. The molecule has 0 saturated carbocycles. The number of hydrogen-bond acceptors (Lipinski definition) is 1. The van der Waals surface area contributed by atoms with Crippen molar-refractivity contribution in [1.29, 1.82) is 0 Å². The average Bonchev–Trinajstić information content (AvgIpc) is 2.82. The van der Waals surface area contributed by atoms with Crippen LogP contribution in [0.5, 0.6) is 0 Å². The molecule has 0 aromatic heterocycles. The average molecular weight is 279 g/mol. The van der Waals surface area contributed by atoms with E-state index in [0.29, 0.717) is 0 Å². The highest BCUT2D eigenvalue weighted by atomic mass is 14.6. The lowest BCUT2D eigenvalue weighted by molar-refractivity contribution is 0.314. The third kappa shape index (κ3) is 2.63. The maximum Gasteiger partial charge on any atom is -0.00109 e. The molecule has 21 heavy (non-hydrogen) atoms. The van der Waals surface area contributed by atoms with Gasteiger partial charge in [0, 0.05) is 0 Å². The topological polar surface area (TPSA) is 26.0 Å². The summed E-state index contributed by atoms with van der Waals surface area (Å²) in [5.41, 5.74) is 15.1. The van der Waals surface area contributed by atoms with Crippen molar-refractivity contribution in [2.75, 3.05) is 6.54 Å². The highest BCUT2D eigenvalue weighted by Crippen LogP contribution is 2.40. The second-order valence-corrected chi connectivity index (χ2v) is 6.88. The fourth-order valence-electron chi connectivity index (χ4n) is 3.98. The summed E-state index contributed by atoms with van der Waals surface area (Å²) in [4.78, 5) is 0. The Morgan fingerprint density at radius 2 is 1.48 bits per heavy atom. The molecule has 1 heteroatoms. The molecule has 2 aromatic rings. The molecule has 110 valence electrons. The van der Waals surface area contributed by atoms with Gasteiger partial charge < -0.3 is 5.73 Å². The van der Waals surface area contributed by atoms with Crippen LogP contribution in [0.1, 0.15) is 33.4 Å². The standard InChI is InChI=1S/C20H25N/c1-14-8-15(2)19(16(3)9-14)12-20(13-21)10-17-6-4-5-7-18(17)11-20/h4-9H,10-13,21H2,1-3H3. The lowest BCUT2D eigenvalue weighted by Gasteiger charge is -2.29. The molecule has 0 bridgehead atoms. The van der Waals surface area contributed by atoms with Crippen molar-refractivity contribution >= 4 is 0 Å². The first-order valence-corrected chi connectivity index (χ1v) is 7.87. The molecule has 0 spiro atoms. The first-order chi connectivity index (χ1) is 10.0. The van der Waals surface area contributed by atoms with Crippen molar-refractivity contribution in [2.45, 2.75) is 40.0 Å². The Balaban J connectivity index is 1.94. The molecule has 0 radical (unpaired) electrons. The van der Waals surface area contributed by atoms with E-state index in [9.17, 15) is 0 Å². The lowest BCUT2D eigenvalue weighted by Crippen LogP contribution is -2.34. The van der Waals surface area contributed by atoms with E-state index < -0.39 is 0 Å². The number of fused-ring (bicyclic) bond motifs is 1. The minimum atomic E-state index is 0.203. The predicted octanol–water partition coefficient (Wildman–Crippen LogP) is 3.90. The highest BCUT2D eigenvalue weighted by Gasteiger charge is 2.36. The zero-order chi connectivity index (χ0) is 15.0. The van der Waals surface area contributed by atoms with Gasteiger partial charge in [-0.3, -0.25) is 0 Å². The zero-order valence-corrected chi connectivity index (χ0v) is 13.4. The van der Waals surface area contributed by atoms with Crippen LogP contribution >= 0.6 is 0 Å². The van der Waals surface area contributed by atoms with Gasteiger partial charge in [-0.25, -0.2) is 0 Å². The molecule has 0 aliphatic heterocycles. The van der Waals surface area contributed by atoms with E-state index in [-0.39, 0.29) is 5.41 Å². The van der Waals surface area contributed by atoms with E-state index >= 15 is 0 Å². The maximum atomic E-state index is 6.23. The Morgan fingerprint density at radius 3 is 1.95 bits per heavy atom. The molecule has 2 aromatic carbocycles. The molecule has 0 atom stereocenters. The Morgan fingerprint density at radius 1 is 0.952 bits per heavy atom. The summed E-state index contributed by atoms with van der Waals surface area (Å²) < 4.78 is 0. The fourth-order valence-corrected chi connectivity index (χ4v) is 3.98. The molecule has 0 unspecified atom stereocenters. The first kappa shape index (κ1) is 14.3. The predicted molar refractivity (Wildman–Crippen MR) is 89.7 cm³/mol. The summed E-state index contributed by atoms with van der Waals surface area (Å²) in [5, 5.41) is 0. The van der Waals surface area contributed by atoms with E-state index in [0.717, 1.165) is 25.8 Å². The van der Waals surface area contributed by atoms with Crippen molar-refractivity contribution in [3.05, 3.63) is 69.8 Å². The van der Waals surface area contributed by atoms with Crippen LogP contribution in [0.15, 0.2) is 36.4 Å². The minimum absolute atomic E-state index is 0.203. The van der Waals surface area contributed by atoms with Crippen LogP contribution in [-0.4, -0.2) is 6.54 Å². The SMILES string of the molecule is Cc1cc(C)c(CC2(CN)Cc3ccccc3C2)c(C)c1. The summed E-state index contributed by atoms with van der Waals surface area (Å²) >= 11 is 0. The van der Waals surface area contributed by atoms with E-state index in [1.54, 1.807) is 0 Å². The Labute approximate surface area is 128 Å². The molecule has 0 amide bonds. The smallest absolute Gasteiger partial charge is 0.00109 e. The Bertz CT molecular complexity index is 621. The number of hydrogen-bond donors (Lipinski definition) is 1. The summed E-state index contributed by atoms with van der Waals surface area (Å²) in [6.45, 7) is 7.41. The van der Waals surface area contributed by atoms with Gasteiger partial charge in [0.25, 0.3) is 0 Å². The molecular weight excluding hydrogens is 254 g/mol. The van der Waals surface area contributed by atoms with E-state index in [4.69, 9.17) is 5.73 Å². The number of rotatable bonds is 3. The third-order valence-electron chi connectivity index (χ3n) is 5.07. The van der Waals surface area contributed by atoms with Gasteiger partial charge in [0.05, 0.1) is 0 Å². The van der Waals surface area contributed by atoms with Crippen LogP contribution in [0, 0.1) is 26.2 Å². The largest absolute Gasteiger partial charge is 0.330 e. The molecule has 0 fully saturated rings. The lowest BCUT2D eigenvalue weighted by atomic mass is 9.77. The highest BCUT2D eigenvalue weighted by molar-refractivity contribution is 5.41. The summed E-state index contributed by atoms with van der Waals surface area (Å²) in [6.07, 6.45) is 3.33. The Hall–Kier alpha value is -1.60. The molecule has 0 heterocycles. The van der Waals surface area contributed by atoms with E-state index in [2.05, 4.69) is 57.2 Å². The number of aryl methyl sites for hydroxylation is 3. The fraction of sp³-hybridized carbons (Fsp3) is 0.400. The van der Waals surface area contributed by atoms with Crippen molar-refractivity contribution < 1.29 is 0 Å². The second-order valence-electron chi connectivity index (χ2n) is 6.88. The minimum Gasteiger partial charge on any atom is -0.330 e. The van der Waals surface area contributed by atoms with Crippen molar-refractivity contribution in [2.24, 2.45) is 11.1 Å². The van der Waals surface area contributed by atoms with Gasteiger partial charge in [-0.05, 0) is 79.8 Å². The monoisotopic (exact) mass is 279 g/mol. The summed E-state index contributed by atoms with van der Waals surface area (Å²) in [7, 11) is 0. The number of benzene rings is 2. The normalized spacial score (nSPS) is 16.0. The first-order valence-electron chi connectivity index (χ1n) is 7.87. The second kappa shape index (κ2) is 5.31. The van der Waals surface area contributed by atoms with Crippen molar-refractivity contribution in [3.63, 3.8) is 0 Å². The van der Waals surface area contributed by atoms with Gasteiger partial charge in [0.1, 0.15) is 0 Å². The molecule has 3 rings (SSSR count). The Kier molecular flexibility index (Phi) is 3.62. The van der Waals surface area contributed by atoms with Gasteiger partial charge in [0.2, 0.25) is 0 Å². The van der Waals surface area contributed by atoms with Gasteiger partial charge in [-0.1, -0.05) is 42.0 Å². The summed E-state index contributed by atoms with van der Waals surface area (Å²) in [5.74, 6) is 0. The van der Waals surface area contributed by atoms with Crippen LogP contribution in [0.4, 0.5) is 0 Å². The molecule has 0 saturated heterocycles. The van der Waals surface area contributed by atoms with Gasteiger partial charge in [-0.2, -0.15) is 0 Å². The summed E-state index contributed by atoms with van der Waals surface area (Å²) in [6, 6.07) is 13.4. The van der Waals surface area contributed by atoms with E-state index in [1.165, 1.54) is 33.4 Å². The third-order valence-corrected chi connectivity index (χ3v) is 5.07. The van der Waals surface area contributed by atoms with Crippen LogP contribution in [-0.2, 0) is 19.3 Å². The maximum absolute atomic E-state index is 6.23. The van der Waals surface area contributed by atoms with Crippen molar-refractivity contribution in [3.8, 4) is 0 Å². The van der Waals surface area contributed by atoms with Crippen molar-refractivity contribution in [1.82, 2.24) is 0 Å². The van der Waals surface area contributed by atoms with Gasteiger partial charge in [-0.15, -0.1) is 0 Å². The van der Waals surface area contributed by atoms with Crippen LogP contribution < -0.4 is 5.73 Å². The molecule has 1 nitrogen and oxygen atoms in total. The van der Waals surface area contributed by atoms with E-state index in [1.807, 2.05) is 0 Å². The molecule has 1 aliphatic carbocycles. The van der Waals surface area contributed by atoms with Gasteiger partial charge in [0.15, 0.2) is 0 Å². The van der Waals surface area contributed by atoms with Crippen LogP contribution in [0.25, 0.3) is 0 Å². The van der Waals surface area contributed by atoms with Crippen LogP contribution in [0.2, 0.25) is 0 Å². The van der Waals surface area contributed by atoms with Crippen LogP contribution in [0.3, 0.4) is 0 Å². The quantitative estimate of drug-likeness (QED) is 0.906. The van der Waals surface area contributed by atoms with Gasteiger partial charge >= 0.3 is 0 Å².